The Kier molecular flexibility index (Phi) is 3.08. The second-order valence-corrected chi connectivity index (χ2v) is 5.19. The standard InChI is InChI=1S/C10H13ClN2S/c1-7(8-4-5-9(11)14-8)13-10-3-2-6-12-10/h4-5,7H,2-3,6H2,1H3,(H,12,13). The van der Waals surface area contributed by atoms with E-state index in [0.717, 1.165) is 23.1 Å². The van der Waals surface area contributed by atoms with Crippen molar-refractivity contribution in [1.29, 1.82) is 0 Å². The molecule has 0 amide bonds. The highest BCUT2D eigenvalue weighted by atomic mass is 35.5. The zero-order chi connectivity index (χ0) is 9.97. The molecule has 4 heteroatoms. The molecular formula is C10H13ClN2S. The smallest absolute Gasteiger partial charge is 0.0968 e. The quantitative estimate of drug-likeness (QED) is 0.826. The summed E-state index contributed by atoms with van der Waals surface area (Å²) in [7, 11) is 0. The van der Waals surface area contributed by atoms with Gasteiger partial charge in [0.25, 0.3) is 0 Å². The van der Waals surface area contributed by atoms with Gasteiger partial charge >= 0.3 is 0 Å². The third-order valence-corrected chi connectivity index (χ3v) is 3.69. The van der Waals surface area contributed by atoms with Crippen molar-refractivity contribution >= 4 is 28.8 Å². The zero-order valence-electron chi connectivity index (χ0n) is 8.09. The van der Waals surface area contributed by atoms with Gasteiger partial charge in [-0.05, 0) is 25.5 Å². The number of thiophene rings is 1. The van der Waals surface area contributed by atoms with Gasteiger partial charge in [-0.25, -0.2) is 0 Å². The minimum atomic E-state index is 0.323. The number of nitrogens with one attached hydrogen (secondary N) is 1. The number of halogens is 1. The molecule has 1 aliphatic rings. The lowest BCUT2D eigenvalue weighted by molar-refractivity contribution is 0.723. The van der Waals surface area contributed by atoms with Crippen LogP contribution in [0.1, 0.15) is 30.7 Å². The molecule has 0 spiro atoms. The third kappa shape index (κ3) is 2.28. The van der Waals surface area contributed by atoms with Crippen LogP contribution in [-0.2, 0) is 0 Å². The molecule has 1 aromatic rings. The van der Waals surface area contributed by atoms with E-state index in [1.807, 2.05) is 6.07 Å². The minimum Gasteiger partial charge on any atom is -0.367 e. The van der Waals surface area contributed by atoms with Gasteiger partial charge in [-0.3, -0.25) is 4.99 Å². The van der Waals surface area contributed by atoms with Gasteiger partial charge in [0.05, 0.1) is 16.2 Å². The van der Waals surface area contributed by atoms with Crippen molar-refractivity contribution in [1.82, 2.24) is 5.32 Å². The lowest BCUT2D eigenvalue weighted by Gasteiger charge is -2.12. The number of nitrogens with zero attached hydrogens (tertiary/aromatic N) is 1. The number of hydrogen-bond acceptors (Lipinski definition) is 3. The highest BCUT2D eigenvalue weighted by Gasteiger charge is 2.12. The van der Waals surface area contributed by atoms with E-state index in [1.54, 1.807) is 11.3 Å². The van der Waals surface area contributed by atoms with Gasteiger partial charge < -0.3 is 5.32 Å². The van der Waals surface area contributed by atoms with E-state index >= 15 is 0 Å². The van der Waals surface area contributed by atoms with E-state index in [1.165, 1.54) is 11.3 Å². The summed E-state index contributed by atoms with van der Waals surface area (Å²) in [6.07, 6.45) is 2.27. The average Bonchev–Trinajstić information content (AvgIpc) is 2.75. The number of rotatable bonds is 2. The van der Waals surface area contributed by atoms with Crippen LogP contribution in [0.3, 0.4) is 0 Å². The SMILES string of the molecule is CC(NC1=NCCC1)c1ccc(Cl)s1. The fourth-order valence-electron chi connectivity index (χ4n) is 1.54. The molecule has 0 fully saturated rings. The van der Waals surface area contributed by atoms with Gasteiger partial charge in [0.15, 0.2) is 0 Å². The average molecular weight is 229 g/mol. The van der Waals surface area contributed by atoms with Gasteiger partial charge in [-0.1, -0.05) is 11.6 Å². The fourth-order valence-corrected chi connectivity index (χ4v) is 2.60. The first-order valence-electron chi connectivity index (χ1n) is 4.81. The second kappa shape index (κ2) is 4.32. The van der Waals surface area contributed by atoms with Crippen LogP contribution < -0.4 is 5.32 Å². The van der Waals surface area contributed by atoms with Crippen LogP contribution in [0.25, 0.3) is 0 Å². The largest absolute Gasteiger partial charge is 0.367 e. The monoisotopic (exact) mass is 228 g/mol. The fraction of sp³-hybridized carbons (Fsp3) is 0.500. The Labute approximate surface area is 93.0 Å². The first-order chi connectivity index (χ1) is 6.75. The third-order valence-electron chi connectivity index (χ3n) is 2.28. The van der Waals surface area contributed by atoms with Crippen LogP contribution in [0, 0.1) is 0 Å². The Hall–Kier alpha value is -0.540. The molecule has 2 rings (SSSR count). The van der Waals surface area contributed by atoms with E-state index in [4.69, 9.17) is 11.6 Å². The van der Waals surface area contributed by atoms with E-state index in [0.29, 0.717) is 6.04 Å². The van der Waals surface area contributed by atoms with Crippen LogP contribution in [0.2, 0.25) is 4.34 Å². The molecule has 76 valence electrons. The van der Waals surface area contributed by atoms with Crippen LogP contribution in [0.4, 0.5) is 0 Å². The molecule has 0 aromatic carbocycles. The van der Waals surface area contributed by atoms with Gasteiger partial charge in [-0.2, -0.15) is 0 Å². The highest BCUT2D eigenvalue weighted by molar-refractivity contribution is 7.16. The molecule has 0 bridgehead atoms. The van der Waals surface area contributed by atoms with Crippen molar-refractivity contribution in [2.45, 2.75) is 25.8 Å². The maximum atomic E-state index is 5.88. The molecule has 2 heterocycles. The Morgan fingerprint density at radius 1 is 1.57 bits per heavy atom. The van der Waals surface area contributed by atoms with Crippen molar-refractivity contribution in [3.63, 3.8) is 0 Å². The maximum absolute atomic E-state index is 5.88. The van der Waals surface area contributed by atoms with Crippen LogP contribution in [0.5, 0.6) is 0 Å². The van der Waals surface area contributed by atoms with Crippen LogP contribution in [0.15, 0.2) is 17.1 Å². The maximum Gasteiger partial charge on any atom is 0.0968 e. The van der Waals surface area contributed by atoms with Crippen molar-refractivity contribution in [2.24, 2.45) is 4.99 Å². The van der Waals surface area contributed by atoms with E-state index in [9.17, 15) is 0 Å². The normalized spacial score (nSPS) is 18.0. The highest BCUT2D eigenvalue weighted by Crippen LogP contribution is 2.26. The Morgan fingerprint density at radius 2 is 2.43 bits per heavy atom. The Morgan fingerprint density at radius 3 is 3.00 bits per heavy atom. The summed E-state index contributed by atoms with van der Waals surface area (Å²) in [6, 6.07) is 4.33. The van der Waals surface area contributed by atoms with Gasteiger partial charge in [-0.15, -0.1) is 11.3 Å². The van der Waals surface area contributed by atoms with Gasteiger partial charge in [0.1, 0.15) is 0 Å². The van der Waals surface area contributed by atoms with Crippen molar-refractivity contribution in [3.8, 4) is 0 Å². The first kappa shape index (κ1) is 9.99. The van der Waals surface area contributed by atoms with E-state index < -0.39 is 0 Å². The van der Waals surface area contributed by atoms with Crippen LogP contribution >= 0.6 is 22.9 Å². The Balaban J connectivity index is 1.98. The lowest BCUT2D eigenvalue weighted by atomic mass is 10.2. The van der Waals surface area contributed by atoms with E-state index in [-0.39, 0.29) is 0 Å². The predicted octanol–water partition coefficient (Wildman–Crippen LogP) is 3.24. The first-order valence-corrected chi connectivity index (χ1v) is 6.00. The minimum absolute atomic E-state index is 0.323. The van der Waals surface area contributed by atoms with Gasteiger partial charge in [0, 0.05) is 17.8 Å². The van der Waals surface area contributed by atoms with Gasteiger partial charge in [0.2, 0.25) is 0 Å². The Bertz CT molecular complexity index is 346. The topological polar surface area (TPSA) is 24.4 Å². The van der Waals surface area contributed by atoms with E-state index in [2.05, 4.69) is 23.3 Å². The molecule has 1 aliphatic heterocycles. The summed E-state index contributed by atoms with van der Waals surface area (Å²) in [5.74, 6) is 1.14. The summed E-state index contributed by atoms with van der Waals surface area (Å²) in [6.45, 7) is 3.11. The lowest BCUT2D eigenvalue weighted by Crippen LogP contribution is -2.24. The van der Waals surface area contributed by atoms with Crippen molar-refractivity contribution in [3.05, 3.63) is 21.3 Å². The summed E-state index contributed by atoms with van der Waals surface area (Å²) < 4.78 is 0.849. The number of amidine groups is 1. The molecular weight excluding hydrogens is 216 g/mol. The summed E-state index contributed by atoms with van der Waals surface area (Å²) >= 11 is 7.51. The second-order valence-electron chi connectivity index (χ2n) is 3.44. The summed E-state index contributed by atoms with van der Waals surface area (Å²) in [5.41, 5.74) is 0. The molecule has 1 aromatic heterocycles. The van der Waals surface area contributed by atoms with Crippen molar-refractivity contribution in [2.75, 3.05) is 6.54 Å². The molecule has 1 atom stereocenters. The molecule has 0 saturated carbocycles. The molecule has 0 radical (unpaired) electrons. The molecule has 1 N–H and O–H groups in total. The molecule has 2 nitrogen and oxygen atoms in total. The molecule has 1 unspecified atom stereocenters. The van der Waals surface area contributed by atoms with Crippen molar-refractivity contribution < 1.29 is 0 Å². The van der Waals surface area contributed by atoms with Crippen LogP contribution in [-0.4, -0.2) is 12.4 Å². The predicted molar refractivity (Wildman–Crippen MR) is 62.4 cm³/mol. The molecule has 0 aliphatic carbocycles. The summed E-state index contributed by atoms with van der Waals surface area (Å²) in [4.78, 5) is 5.65. The number of aliphatic imine (C=N–C) groups is 1. The number of hydrogen-bond donors (Lipinski definition) is 1. The summed E-state index contributed by atoms with van der Waals surface area (Å²) in [5, 5.41) is 3.41. The zero-order valence-corrected chi connectivity index (χ0v) is 9.66. The molecule has 0 saturated heterocycles. The molecule has 14 heavy (non-hydrogen) atoms.